The van der Waals surface area contributed by atoms with Gasteiger partial charge < -0.3 is 4.90 Å². The van der Waals surface area contributed by atoms with Crippen LogP contribution in [0.2, 0.25) is 0 Å². The summed E-state index contributed by atoms with van der Waals surface area (Å²) in [5.74, 6) is 0.0742. The number of nitrogens with zero attached hydrogens (tertiary/aromatic N) is 4. The Kier molecular flexibility index (Phi) is 3.50. The van der Waals surface area contributed by atoms with Crippen molar-refractivity contribution in [3.63, 3.8) is 0 Å². The van der Waals surface area contributed by atoms with E-state index in [0.29, 0.717) is 11.6 Å². The van der Waals surface area contributed by atoms with Crippen LogP contribution in [0.5, 0.6) is 0 Å². The molecule has 1 aliphatic heterocycles. The Morgan fingerprint density at radius 3 is 2.70 bits per heavy atom. The molecule has 5 nitrogen and oxygen atoms in total. The lowest BCUT2D eigenvalue weighted by atomic mass is 10.0. The summed E-state index contributed by atoms with van der Waals surface area (Å²) >= 11 is 0. The highest BCUT2D eigenvalue weighted by molar-refractivity contribution is 5.97. The molecule has 0 saturated carbocycles. The lowest BCUT2D eigenvalue weighted by molar-refractivity contribution is 0.0635. The molecule has 0 aliphatic carbocycles. The number of carbonyl (C=O) groups is 1. The number of piperidine rings is 1. The molecule has 20 heavy (non-hydrogen) atoms. The van der Waals surface area contributed by atoms with E-state index in [1.54, 1.807) is 12.4 Å². The summed E-state index contributed by atoms with van der Waals surface area (Å²) in [4.78, 5) is 16.2. The normalized spacial score (nSPS) is 19.1. The Morgan fingerprint density at radius 2 is 1.95 bits per heavy atom. The van der Waals surface area contributed by atoms with Crippen LogP contribution < -0.4 is 0 Å². The molecule has 1 saturated heterocycles. The van der Waals surface area contributed by atoms with Crippen molar-refractivity contribution in [3.05, 3.63) is 42.2 Å². The minimum atomic E-state index is 0.0742. The second kappa shape index (κ2) is 5.45. The van der Waals surface area contributed by atoms with E-state index in [1.165, 1.54) is 11.2 Å². The first kappa shape index (κ1) is 12.8. The summed E-state index contributed by atoms with van der Waals surface area (Å²) < 4.78 is 0. The summed E-state index contributed by atoms with van der Waals surface area (Å²) in [7, 11) is 0. The van der Waals surface area contributed by atoms with Crippen molar-refractivity contribution in [3.8, 4) is 5.69 Å². The van der Waals surface area contributed by atoms with Crippen molar-refractivity contribution in [1.29, 1.82) is 0 Å². The molecular weight excluding hydrogens is 252 g/mol. The molecule has 1 fully saturated rings. The molecule has 1 aromatic carbocycles. The maximum absolute atomic E-state index is 12.8. The zero-order valence-electron chi connectivity index (χ0n) is 11.6. The second-order valence-electron chi connectivity index (χ2n) is 5.18. The van der Waals surface area contributed by atoms with Crippen molar-refractivity contribution in [2.24, 2.45) is 0 Å². The van der Waals surface area contributed by atoms with E-state index < -0.39 is 0 Å². The number of hydrogen-bond acceptors (Lipinski definition) is 3. The average Bonchev–Trinajstić information content (AvgIpc) is 3.01. The van der Waals surface area contributed by atoms with E-state index in [2.05, 4.69) is 17.1 Å². The van der Waals surface area contributed by atoms with Gasteiger partial charge in [-0.3, -0.25) is 4.79 Å². The molecular formula is C15H18N4O. The monoisotopic (exact) mass is 270 g/mol. The topological polar surface area (TPSA) is 51.0 Å². The van der Waals surface area contributed by atoms with E-state index in [1.807, 2.05) is 29.2 Å². The third-order valence-electron chi connectivity index (χ3n) is 3.83. The largest absolute Gasteiger partial charge is 0.336 e. The van der Waals surface area contributed by atoms with Crippen LogP contribution in [0, 0.1) is 0 Å². The minimum Gasteiger partial charge on any atom is -0.336 e. The second-order valence-corrected chi connectivity index (χ2v) is 5.18. The Hall–Kier alpha value is -2.17. The van der Waals surface area contributed by atoms with Gasteiger partial charge in [0.25, 0.3) is 5.91 Å². The van der Waals surface area contributed by atoms with Crippen LogP contribution >= 0.6 is 0 Å². The number of aromatic nitrogens is 3. The molecule has 1 aromatic heterocycles. The molecule has 0 bridgehead atoms. The first-order valence-corrected chi connectivity index (χ1v) is 7.04. The zero-order chi connectivity index (χ0) is 13.9. The van der Waals surface area contributed by atoms with Gasteiger partial charge in [0.2, 0.25) is 0 Å². The van der Waals surface area contributed by atoms with Crippen molar-refractivity contribution >= 4 is 5.91 Å². The van der Waals surface area contributed by atoms with Crippen LogP contribution in [-0.4, -0.2) is 38.4 Å². The number of amides is 1. The van der Waals surface area contributed by atoms with E-state index in [0.717, 1.165) is 25.1 Å². The van der Waals surface area contributed by atoms with E-state index in [-0.39, 0.29) is 5.91 Å². The quantitative estimate of drug-likeness (QED) is 0.841. The smallest absolute Gasteiger partial charge is 0.256 e. The van der Waals surface area contributed by atoms with Crippen molar-refractivity contribution in [2.75, 3.05) is 6.54 Å². The van der Waals surface area contributed by atoms with Crippen LogP contribution in [0.3, 0.4) is 0 Å². The molecule has 104 valence electrons. The molecule has 3 rings (SSSR count). The van der Waals surface area contributed by atoms with Gasteiger partial charge in [-0.15, -0.1) is 0 Å². The molecule has 0 N–H and O–H groups in total. The third kappa shape index (κ3) is 2.31. The van der Waals surface area contributed by atoms with Gasteiger partial charge in [-0.05, 0) is 38.3 Å². The number of rotatable bonds is 2. The fourth-order valence-corrected chi connectivity index (χ4v) is 2.72. The highest BCUT2D eigenvalue weighted by Gasteiger charge is 2.26. The average molecular weight is 270 g/mol. The summed E-state index contributed by atoms with van der Waals surface area (Å²) in [6.07, 6.45) is 6.59. The van der Waals surface area contributed by atoms with Crippen molar-refractivity contribution in [2.45, 2.75) is 32.2 Å². The molecule has 1 atom stereocenters. The molecule has 2 aromatic rings. The predicted molar refractivity (Wildman–Crippen MR) is 75.7 cm³/mol. The van der Waals surface area contributed by atoms with Gasteiger partial charge in [0.1, 0.15) is 0 Å². The van der Waals surface area contributed by atoms with Gasteiger partial charge in [-0.2, -0.15) is 15.0 Å². The van der Waals surface area contributed by atoms with E-state index in [9.17, 15) is 4.79 Å². The number of benzene rings is 1. The van der Waals surface area contributed by atoms with Crippen LogP contribution in [0.15, 0.2) is 36.7 Å². The number of carbonyl (C=O) groups excluding carboxylic acids is 1. The van der Waals surface area contributed by atoms with Crippen molar-refractivity contribution < 1.29 is 4.79 Å². The lowest BCUT2D eigenvalue weighted by Crippen LogP contribution is -2.42. The van der Waals surface area contributed by atoms with Gasteiger partial charge in [0.15, 0.2) is 0 Å². The zero-order valence-corrected chi connectivity index (χ0v) is 11.6. The predicted octanol–water partition coefficient (Wildman–Crippen LogP) is 2.28. The van der Waals surface area contributed by atoms with E-state index in [4.69, 9.17) is 0 Å². The van der Waals surface area contributed by atoms with Crippen LogP contribution in [-0.2, 0) is 0 Å². The van der Waals surface area contributed by atoms with Crippen LogP contribution in [0.1, 0.15) is 36.5 Å². The highest BCUT2D eigenvalue weighted by atomic mass is 16.2. The van der Waals surface area contributed by atoms with Crippen molar-refractivity contribution in [1.82, 2.24) is 19.9 Å². The molecule has 1 amide bonds. The fraction of sp³-hybridized carbons (Fsp3) is 0.400. The van der Waals surface area contributed by atoms with Gasteiger partial charge in [-0.1, -0.05) is 12.1 Å². The number of hydrogen-bond donors (Lipinski definition) is 0. The maximum Gasteiger partial charge on any atom is 0.256 e. The minimum absolute atomic E-state index is 0.0742. The molecule has 0 unspecified atom stereocenters. The Bertz CT molecular complexity index is 594. The van der Waals surface area contributed by atoms with Crippen LogP contribution in [0.4, 0.5) is 0 Å². The molecule has 5 heteroatoms. The Balaban J connectivity index is 1.96. The fourth-order valence-electron chi connectivity index (χ4n) is 2.72. The maximum atomic E-state index is 12.8. The summed E-state index contributed by atoms with van der Waals surface area (Å²) in [6, 6.07) is 7.81. The molecule has 0 spiro atoms. The Morgan fingerprint density at radius 1 is 1.20 bits per heavy atom. The van der Waals surface area contributed by atoms with Crippen LogP contribution in [0.25, 0.3) is 5.69 Å². The highest BCUT2D eigenvalue weighted by Crippen LogP contribution is 2.21. The lowest BCUT2D eigenvalue weighted by Gasteiger charge is -2.33. The van der Waals surface area contributed by atoms with Gasteiger partial charge in [0, 0.05) is 12.6 Å². The number of likely N-dealkylation sites (tertiary alicyclic amines) is 1. The third-order valence-corrected chi connectivity index (χ3v) is 3.83. The molecule has 0 radical (unpaired) electrons. The first-order chi connectivity index (χ1) is 9.77. The molecule has 2 heterocycles. The summed E-state index contributed by atoms with van der Waals surface area (Å²) in [5.41, 5.74) is 1.40. The standard InChI is InChI=1S/C15H18N4O/c1-12-6-4-5-11-18(12)15(20)13-7-2-3-8-14(13)19-16-9-10-17-19/h2-3,7-10,12H,4-6,11H2,1H3/t12-/m1/s1. The van der Waals surface area contributed by atoms with Gasteiger partial charge in [-0.25, -0.2) is 0 Å². The SMILES string of the molecule is C[C@@H]1CCCCN1C(=O)c1ccccc1-n1nccn1. The van der Waals surface area contributed by atoms with Gasteiger partial charge in [0.05, 0.1) is 23.6 Å². The van der Waals surface area contributed by atoms with E-state index >= 15 is 0 Å². The Labute approximate surface area is 118 Å². The summed E-state index contributed by atoms with van der Waals surface area (Å²) in [6.45, 7) is 2.95. The van der Waals surface area contributed by atoms with Gasteiger partial charge >= 0.3 is 0 Å². The first-order valence-electron chi connectivity index (χ1n) is 7.04. The summed E-state index contributed by atoms with van der Waals surface area (Å²) in [5, 5.41) is 8.26. The molecule has 1 aliphatic rings. The number of para-hydroxylation sites is 1.